The van der Waals surface area contributed by atoms with Crippen LogP contribution in [-0.2, 0) is 16.1 Å². The van der Waals surface area contributed by atoms with E-state index in [2.05, 4.69) is 4.98 Å². The molecule has 0 saturated carbocycles. The molecule has 7 heteroatoms. The Kier molecular flexibility index (Phi) is 5.00. The molecule has 0 bridgehead atoms. The summed E-state index contributed by atoms with van der Waals surface area (Å²) in [5, 5.41) is 0.611. The Morgan fingerprint density at radius 1 is 1.20 bits per heavy atom. The van der Waals surface area contributed by atoms with E-state index < -0.39 is 5.97 Å². The molecule has 3 rings (SSSR count). The van der Waals surface area contributed by atoms with E-state index in [1.165, 1.54) is 12.0 Å². The fourth-order valence-electron chi connectivity index (χ4n) is 2.46. The van der Waals surface area contributed by atoms with Gasteiger partial charge in [-0.3, -0.25) is 9.59 Å². The second kappa shape index (κ2) is 7.36. The molecule has 6 nitrogen and oxygen atoms in total. The van der Waals surface area contributed by atoms with Gasteiger partial charge in [-0.25, -0.2) is 4.98 Å². The lowest BCUT2D eigenvalue weighted by Gasteiger charge is -2.22. The van der Waals surface area contributed by atoms with Crippen molar-refractivity contribution in [1.82, 2.24) is 14.3 Å². The van der Waals surface area contributed by atoms with Gasteiger partial charge in [0.15, 0.2) is 0 Å². The van der Waals surface area contributed by atoms with Crippen molar-refractivity contribution in [3.8, 4) is 0 Å². The van der Waals surface area contributed by atoms with Gasteiger partial charge in [-0.15, -0.1) is 0 Å². The Morgan fingerprint density at radius 3 is 2.68 bits per heavy atom. The van der Waals surface area contributed by atoms with Crippen molar-refractivity contribution in [2.24, 2.45) is 0 Å². The number of hydrogen-bond acceptors (Lipinski definition) is 4. The molecule has 0 radical (unpaired) electrons. The molecule has 25 heavy (non-hydrogen) atoms. The molecule has 2 aromatic heterocycles. The maximum absolute atomic E-state index is 12.9. The normalized spacial score (nSPS) is 10.6. The molecule has 0 aliphatic carbocycles. The van der Waals surface area contributed by atoms with Gasteiger partial charge in [0.1, 0.15) is 12.2 Å². The number of carbonyl (C=O) groups is 2. The van der Waals surface area contributed by atoms with Gasteiger partial charge in [-0.2, -0.15) is 0 Å². The van der Waals surface area contributed by atoms with E-state index in [0.29, 0.717) is 10.6 Å². The van der Waals surface area contributed by atoms with Crippen molar-refractivity contribution in [2.45, 2.75) is 6.54 Å². The maximum atomic E-state index is 12.9. The number of hydrogen-bond donors (Lipinski definition) is 0. The predicted octanol–water partition coefficient (Wildman–Crippen LogP) is 2.80. The van der Waals surface area contributed by atoms with E-state index in [-0.39, 0.29) is 19.0 Å². The van der Waals surface area contributed by atoms with Crippen LogP contribution in [0.2, 0.25) is 5.02 Å². The first-order chi connectivity index (χ1) is 12.1. The summed E-state index contributed by atoms with van der Waals surface area (Å²) < 4.78 is 6.47. The highest BCUT2D eigenvalue weighted by atomic mass is 35.5. The fraction of sp³-hybridized carbons (Fsp3) is 0.167. The number of nitrogens with zero attached hydrogens (tertiary/aromatic N) is 3. The number of benzene rings is 1. The highest BCUT2D eigenvalue weighted by molar-refractivity contribution is 6.30. The molecule has 128 valence electrons. The lowest BCUT2D eigenvalue weighted by atomic mass is 10.2. The third kappa shape index (κ3) is 3.97. The molecule has 0 aliphatic heterocycles. The summed E-state index contributed by atoms with van der Waals surface area (Å²) in [6, 6.07) is 10.6. The highest BCUT2D eigenvalue weighted by Crippen LogP contribution is 2.14. The molecule has 0 saturated heterocycles. The summed E-state index contributed by atoms with van der Waals surface area (Å²) in [6.07, 6.45) is 5.11. The molecule has 0 spiro atoms. The van der Waals surface area contributed by atoms with Gasteiger partial charge < -0.3 is 14.0 Å². The molecule has 1 aromatic carbocycles. The summed E-state index contributed by atoms with van der Waals surface area (Å²) in [5.41, 5.74) is 2.07. The second-order valence-electron chi connectivity index (χ2n) is 5.47. The van der Waals surface area contributed by atoms with E-state index in [1.807, 2.05) is 12.1 Å². The molecule has 0 atom stereocenters. The first kappa shape index (κ1) is 17.0. The largest absolute Gasteiger partial charge is 0.468 e. The maximum Gasteiger partial charge on any atom is 0.325 e. The zero-order chi connectivity index (χ0) is 17.8. The standard InChI is InChI=1S/C18H16ClN3O3/c1-25-17(23)12-22(10-13-2-5-15(19)6-3-13)18(24)14-4-7-16-20-8-9-21(16)11-14/h2-9,11H,10,12H2,1H3. The van der Waals surface area contributed by atoms with Crippen LogP contribution in [0.25, 0.3) is 5.65 Å². The van der Waals surface area contributed by atoms with Crippen LogP contribution < -0.4 is 0 Å². The van der Waals surface area contributed by atoms with Gasteiger partial charge in [-0.05, 0) is 29.8 Å². The fourth-order valence-corrected chi connectivity index (χ4v) is 2.59. The van der Waals surface area contributed by atoms with Crippen LogP contribution in [0.1, 0.15) is 15.9 Å². The second-order valence-corrected chi connectivity index (χ2v) is 5.91. The quantitative estimate of drug-likeness (QED) is 0.659. The highest BCUT2D eigenvalue weighted by Gasteiger charge is 2.20. The third-order valence-electron chi connectivity index (χ3n) is 3.76. The van der Waals surface area contributed by atoms with E-state index >= 15 is 0 Å². The minimum atomic E-state index is -0.481. The summed E-state index contributed by atoms with van der Waals surface area (Å²) >= 11 is 5.89. The van der Waals surface area contributed by atoms with E-state index in [1.54, 1.807) is 47.3 Å². The Labute approximate surface area is 149 Å². The molecular formula is C18H16ClN3O3. The SMILES string of the molecule is COC(=O)CN(Cc1ccc(Cl)cc1)C(=O)c1ccc2nccn2c1. The first-order valence-electron chi connectivity index (χ1n) is 7.60. The number of aromatic nitrogens is 2. The summed E-state index contributed by atoms with van der Waals surface area (Å²) in [5.74, 6) is -0.748. The number of carbonyl (C=O) groups excluding carboxylic acids is 2. The average molecular weight is 358 g/mol. The first-order valence-corrected chi connectivity index (χ1v) is 7.98. The number of amides is 1. The van der Waals surface area contributed by atoms with Crippen LogP contribution in [0.3, 0.4) is 0 Å². The van der Waals surface area contributed by atoms with Crippen LogP contribution in [-0.4, -0.2) is 39.8 Å². The number of rotatable bonds is 5. The monoisotopic (exact) mass is 357 g/mol. The van der Waals surface area contributed by atoms with Gasteiger partial charge in [0, 0.05) is 30.2 Å². The van der Waals surface area contributed by atoms with Crippen LogP contribution in [0.15, 0.2) is 55.0 Å². The summed E-state index contributed by atoms with van der Waals surface area (Å²) in [4.78, 5) is 30.2. The zero-order valence-corrected chi connectivity index (χ0v) is 14.3. The van der Waals surface area contributed by atoms with Crippen LogP contribution in [0.4, 0.5) is 0 Å². The van der Waals surface area contributed by atoms with Crippen LogP contribution in [0.5, 0.6) is 0 Å². The lowest BCUT2D eigenvalue weighted by Crippen LogP contribution is -2.35. The molecule has 3 aromatic rings. The van der Waals surface area contributed by atoms with E-state index in [4.69, 9.17) is 16.3 Å². The van der Waals surface area contributed by atoms with Crippen molar-refractivity contribution in [3.63, 3.8) is 0 Å². The molecular weight excluding hydrogens is 342 g/mol. The molecule has 1 amide bonds. The minimum Gasteiger partial charge on any atom is -0.468 e. The number of halogens is 1. The number of methoxy groups -OCH3 is 1. The van der Waals surface area contributed by atoms with Crippen molar-refractivity contribution in [1.29, 1.82) is 0 Å². The Morgan fingerprint density at radius 2 is 1.96 bits per heavy atom. The molecule has 0 N–H and O–H groups in total. The van der Waals surface area contributed by atoms with Crippen molar-refractivity contribution in [2.75, 3.05) is 13.7 Å². The smallest absolute Gasteiger partial charge is 0.325 e. The lowest BCUT2D eigenvalue weighted by molar-refractivity contribution is -0.141. The van der Waals surface area contributed by atoms with Gasteiger partial charge in [-0.1, -0.05) is 23.7 Å². The Balaban J connectivity index is 1.87. The van der Waals surface area contributed by atoms with E-state index in [0.717, 1.165) is 11.2 Å². The van der Waals surface area contributed by atoms with E-state index in [9.17, 15) is 9.59 Å². The van der Waals surface area contributed by atoms with Gasteiger partial charge in [0.25, 0.3) is 5.91 Å². The van der Waals surface area contributed by atoms with Gasteiger partial charge in [0.05, 0.1) is 12.7 Å². The predicted molar refractivity (Wildman–Crippen MR) is 93.4 cm³/mol. The van der Waals surface area contributed by atoms with Crippen molar-refractivity contribution in [3.05, 3.63) is 71.1 Å². The Bertz CT molecular complexity index is 905. The summed E-state index contributed by atoms with van der Waals surface area (Å²) in [6.45, 7) is 0.132. The van der Waals surface area contributed by atoms with Crippen molar-refractivity contribution < 1.29 is 14.3 Å². The van der Waals surface area contributed by atoms with Gasteiger partial charge in [0.2, 0.25) is 0 Å². The molecule has 0 fully saturated rings. The van der Waals surface area contributed by atoms with Crippen LogP contribution in [0, 0.1) is 0 Å². The topological polar surface area (TPSA) is 63.9 Å². The third-order valence-corrected chi connectivity index (χ3v) is 4.01. The zero-order valence-electron chi connectivity index (χ0n) is 13.6. The molecule has 0 aliphatic rings. The summed E-state index contributed by atoms with van der Waals surface area (Å²) in [7, 11) is 1.30. The number of ether oxygens (including phenoxy) is 1. The van der Waals surface area contributed by atoms with Crippen molar-refractivity contribution >= 4 is 29.1 Å². The number of pyridine rings is 1. The number of imidazole rings is 1. The van der Waals surface area contributed by atoms with Gasteiger partial charge >= 0.3 is 5.97 Å². The minimum absolute atomic E-state index is 0.139. The Hall–Kier alpha value is -2.86. The van der Waals surface area contributed by atoms with Crippen LogP contribution >= 0.6 is 11.6 Å². The average Bonchev–Trinajstić information content (AvgIpc) is 3.09. The molecule has 2 heterocycles. The molecule has 0 unspecified atom stereocenters. The number of fused-ring (bicyclic) bond motifs is 1. The number of esters is 1.